The highest BCUT2D eigenvalue weighted by Crippen LogP contribution is 2.40. The number of nitrogens with one attached hydrogen (secondary N) is 1. The minimum atomic E-state index is -0.0848. The van der Waals surface area contributed by atoms with E-state index in [-0.39, 0.29) is 4.87 Å². The predicted molar refractivity (Wildman–Crippen MR) is 64.8 cm³/mol. The van der Waals surface area contributed by atoms with Crippen LogP contribution in [0.4, 0.5) is 0 Å². The molecule has 0 radical (unpaired) electrons. The summed E-state index contributed by atoms with van der Waals surface area (Å²) in [5.74, 6) is 0.662. The van der Waals surface area contributed by atoms with E-state index in [4.69, 9.17) is 0 Å². The molecule has 1 N–H and O–H groups in total. The molecule has 3 rings (SSSR count). The number of nitrogens with zero attached hydrogens (tertiary/aromatic N) is 1. The monoisotopic (exact) mass is 232 g/mol. The summed E-state index contributed by atoms with van der Waals surface area (Å²) in [7, 11) is 0. The molecule has 2 aromatic rings. The van der Waals surface area contributed by atoms with Gasteiger partial charge in [0.1, 0.15) is 5.01 Å². The van der Waals surface area contributed by atoms with Gasteiger partial charge in [-0.1, -0.05) is 42.0 Å². The third-order valence-corrected chi connectivity index (χ3v) is 3.96. The first-order valence-electron chi connectivity index (χ1n) is 5.49. The molecule has 1 aromatic carbocycles. The van der Waals surface area contributed by atoms with Gasteiger partial charge in [0, 0.05) is 5.56 Å². The molecule has 1 saturated carbocycles. The summed E-state index contributed by atoms with van der Waals surface area (Å²) >= 11 is 1.18. The molecule has 1 aliphatic carbocycles. The molecule has 82 valence electrons. The maximum atomic E-state index is 11.1. The molecular formula is C12H12N2OS. The minimum Gasteiger partial charge on any atom is -0.255 e. The van der Waals surface area contributed by atoms with Gasteiger partial charge in [-0.25, -0.2) is 5.10 Å². The van der Waals surface area contributed by atoms with E-state index in [1.807, 2.05) is 6.07 Å². The van der Waals surface area contributed by atoms with E-state index < -0.39 is 0 Å². The van der Waals surface area contributed by atoms with E-state index >= 15 is 0 Å². The average molecular weight is 232 g/mol. The Kier molecular flexibility index (Phi) is 2.36. The largest absolute Gasteiger partial charge is 0.322 e. The standard InChI is InChI=1S/C12H12N2OS/c15-12-14-13-11(16-12)10-7-2-1-6-9(10)8-4-3-5-8/h1-2,6-8H,3-5H2,(H,14,15). The molecule has 1 fully saturated rings. The first-order valence-corrected chi connectivity index (χ1v) is 6.31. The van der Waals surface area contributed by atoms with E-state index in [2.05, 4.69) is 28.4 Å². The van der Waals surface area contributed by atoms with Crippen LogP contribution in [0.2, 0.25) is 0 Å². The second-order valence-electron chi connectivity index (χ2n) is 4.13. The quantitative estimate of drug-likeness (QED) is 0.865. The fraction of sp³-hybridized carbons (Fsp3) is 0.333. The minimum absolute atomic E-state index is 0.0848. The van der Waals surface area contributed by atoms with Gasteiger partial charge in [0.2, 0.25) is 0 Å². The number of hydrogen-bond acceptors (Lipinski definition) is 3. The molecule has 0 unspecified atom stereocenters. The van der Waals surface area contributed by atoms with Crippen LogP contribution >= 0.6 is 11.3 Å². The maximum absolute atomic E-state index is 11.1. The highest BCUT2D eigenvalue weighted by molar-refractivity contribution is 7.12. The molecule has 0 spiro atoms. The first-order chi connectivity index (χ1) is 7.84. The van der Waals surface area contributed by atoms with Crippen molar-refractivity contribution in [3.8, 4) is 10.6 Å². The molecule has 4 heteroatoms. The van der Waals surface area contributed by atoms with Gasteiger partial charge in [0.05, 0.1) is 0 Å². The number of aromatic nitrogens is 2. The molecule has 0 amide bonds. The summed E-state index contributed by atoms with van der Waals surface area (Å²) in [5.41, 5.74) is 2.46. The molecule has 3 nitrogen and oxygen atoms in total. The molecule has 0 saturated heterocycles. The maximum Gasteiger partial charge on any atom is 0.322 e. The van der Waals surface area contributed by atoms with Crippen LogP contribution in [0.15, 0.2) is 29.1 Å². The SMILES string of the molecule is O=c1[nH]nc(-c2ccccc2C2CCC2)s1. The summed E-state index contributed by atoms with van der Waals surface area (Å²) in [6.07, 6.45) is 3.84. The average Bonchev–Trinajstić information content (AvgIpc) is 2.63. The summed E-state index contributed by atoms with van der Waals surface area (Å²) in [5, 5.41) is 7.36. The third-order valence-electron chi connectivity index (χ3n) is 3.17. The fourth-order valence-corrected chi connectivity index (χ4v) is 2.77. The highest BCUT2D eigenvalue weighted by atomic mass is 32.1. The Morgan fingerprint density at radius 1 is 1.31 bits per heavy atom. The van der Waals surface area contributed by atoms with Crippen LogP contribution in [-0.4, -0.2) is 10.2 Å². The zero-order chi connectivity index (χ0) is 11.0. The van der Waals surface area contributed by atoms with E-state index in [1.165, 1.54) is 36.2 Å². The molecule has 1 heterocycles. The lowest BCUT2D eigenvalue weighted by Crippen LogP contribution is -2.09. The zero-order valence-corrected chi connectivity index (χ0v) is 9.59. The van der Waals surface area contributed by atoms with E-state index in [1.54, 1.807) is 0 Å². The summed E-state index contributed by atoms with van der Waals surface area (Å²) in [6, 6.07) is 8.28. The van der Waals surface area contributed by atoms with Crippen LogP contribution in [0.1, 0.15) is 30.7 Å². The number of hydrogen-bond donors (Lipinski definition) is 1. The van der Waals surface area contributed by atoms with Crippen molar-refractivity contribution < 1.29 is 0 Å². The van der Waals surface area contributed by atoms with Gasteiger partial charge in [0.25, 0.3) is 0 Å². The van der Waals surface area contributed by atoms with Crippen molar-refractivity contribution >= 4 is 11.3 Å². The number of benzene rings is 1. The Labute approximate surface area is 97.2 Å². The van der Waals surface area contributed by atoms with Crippen molar-refractivity contribution in [3.05, 3.63) is 39.5 Å². The number of aromatic amines is 1. The molecule has 0 bridgehead atoms. The van der Waals surface area contributed by atoms with Gasteiger partial charge in [-0.2, -0.15) is 5.10 Å². The van der Waals surface area contributed by atoms with Crippen LogP contribution in [-0.2, 0) is 0 Å². The van der Waals surface area contributed by atoms with Crippen molar-refractivity contribution in [1.82, 2.24) is 10.2 Å². The second kappa shape index (κ2) is 3.87. The fourth-order valence-electron chi connectivity index (χ4n) is 2.11. The lowest BCUT2D eigenvalue weighted by Gasteiger charge is -2.27. The molecule has 1 aromatic heterocycles. The molecular weight excluding hydrogens is 220 g/mol. The van der Waals surface area contributed by atoms with Crippen LogP contribution in [0.3, 0.4) is 0 Å². The van der Waals surface area contributed by atoms with E-state index in [0.717, 1.165) is 10.6 Å². The van der Waals surface area contributed by atoms with Gasteiger partial charge < -0.3 is 0 Å². The lowest BCUT2D eigenvalue weighted by molar-refractivity contribution is 0.420. The topological polar surface area (TPSA) is 45.8 Å². The van der Waals surface area contributed by atoms with Gasteiger partial charge in [-0.15, -0.1) is 0 Å². The van der Waals surface area contributed by atoms with Crippen LogP contribution in [0, 0.1) is 0 Å². The molecule has 0 aliphatic heterocycles. The Bertz CT molecular complexity index is 554. The molecule has 0 atom stereocenters. The lowest BCUT2D eigenvalue weighted by atomic mass is 9.78. The predicted octanol–water partition coefficient (Wildman–Crippen LogP) is 2.77. The Hall–Kier alpha value is -1.42. The Morgan fingerprint density at radius 2 is 2.12 bits per heavy atom. The third kappa shape index (κ3) is 1.59. The van der Waals surface area contributed by atoms with Crippen LogP contribution in [0.25, 0.3) is 10.6 Å². The van der Waals surface area contributed by atoms with Crippen molar-refractivity contribution in [1.29, 1.82) is 0 Å². The van der Waals surface area contributed by atoms with Gasteiger partial charge in [-0.05, 0) is 24.3 Å². The van der Waals surface area contributed by atoms with Crippen molar-refractivity contribution in [3.63, 3.8) is 0 Å². The Morgan fingerprint density at radius 3 is 2.75 bits per heavy atom. The first kappa shape index (κ1) is 9.78. The summed E-state index contributed by atoms with van der Waals surface area (Å²) < 4.78 is 0. The van der Waals surface area contributed by atoms with E-state index in [9.17, 15) is 4.79 Å². The second-order valence-corrected chi connectivity index (χ2v) is 5.09. The number of H-pyrrole nitrogens is 1. The van der Waals surface area contributed by atoms with Crippen LogP contribution in [0.5, 0.6) is 0 Å². The highest BCUT2D eigenvalue weighted by Gasteiger charge is 2.23. The summed E-state index contributed by atoms with van der Waals surface area (Å²) in [6.45, 7) is 0. The van der Waals surface area contributed by atoms with Gasteiger partial charge in [-0.3, -0.25) is 4.79 Å². The smallest absolute Gasteiger partial charge is 0.255 e. The van der Waals surface area contributed by atoms with Gasteiger partial charge >= 0.3 is 4.87 Å². The zero-order valence-electron chi connectivity index (χ0n) is 8.77. The van der Waals surface area contributed by atoms with Crippen molar-refractivity contribution in [2.45, 2.75) is 25.2 Å². The van der Waals surface area contributed by atoms with Crippen molar-refractivity contribution in [2.24, 2.45) is 0 Å². The molecule has 1 aliphatic rings. The number of rotatable bonds is 2. The van der Waals surface area contributed by atoms with Crippen molar-refractivity contribution in [2.75, 3.05) is 0 Å². The normalized spacial score (nSPS) is 16.0. The summed E-state index contributed by atoms with van der Waals surface area (Å²) in [4.78, 5) is 11.0. The van der Waals surface area contributed by atoms with Gasteiger partial charge in [0.15, 0.2) is 0 Å². The molecule has 16 heavy (non-hydrogen) atoms. The van der Waals surface area contributed by atoms with Crippen LogP contribution < -0.4 is 4.87 Å². The Balaban J connectivity index is 2.08. The van der Waals surface area contributed by atoms with E-state index in [0.29, 0.717) is 5.92 Å².